The normalized spacial score (nSPS) is 18.7. The Labute approximate surface area is 131 Å². The fraction of sp³-hybridized carbons (Fsp3) is 0.941. The third-order valence-electron chi connectivity index (χ3n) is 4.39. The molecular formula is C17H35N3O. The van der Waals surface area contributed by atoms with Crippen molar-refractivity contribution in [1.29, 1.82) is 0 Å². The molecule has 1 N–H and O–H groups in total. The van der Waals surface area contributed by atoms with Crippen molar-refractivity contribution in [3.63, 3.8) is 0 Å². The van der Waals surface area contributed by atoms with Gasteiger partial charge in [-0.05, 0) is 44.8 Å². The van der Waals surface area contributed by atoms with E-state index in [1.807, 2.05) is 0 Å². The van der Waals surface area contributed by atoms with Crippen LogP contribution in [0, 0.1) is 5.92 Å². The molecule has 1 rings (SSSR count). The highest BCUT2D eigenvalue weighted by molar-refractivity contribution is 5.76. The topological polar surface area (TPSA) is 35.6 Å². The fourth-order valence-electron chi connectivity index (χ4n) is 3.02. The summed E-state index contributed by atoms with van der Waals surface area (Å²) in [5.41, 5.74) is 0. The molecule has 1 unspecified atom stereocenters. The minimum absolute atomic E-state index is 0.338. The van der Waals surface area contributed by atoms with Gasteiger partial charge >= 0.3 is 0 Å². The van der Waals surface area contributed by atoms with E-state index >= 15 is 0 Å². The van der Waals surface area contributed by atoms with E-state index in [0.717, 1.165) is 45.7 Å². The van der Waals surface area contributed by atoms with Gasteiger partial charge < -0.3 is 15.1 Å². The predicted molar refractivity (Wildman–Crippen MR) is 89.5 cm³/mol. The third kappa shape index (κ3) is 7.28. The van der Waals surface area contributed by atoms with Crippen molar-refractivity contribution in [3.8, 4) is 0 Å². The average molecular weight is 297 g/mol. The first kappa shape index (κ1) is 18.4. The Bertz CT molecular complexity index is 284. The molecule has 0 aromatic carbocycles. The Hall–Kier alpha value is -0.610. The van der Waals surface area contributed by atoms with Crippen LogP contribution in [0.4, 0.5) is 0 Å². The number of carbonyl (C=O) groups is 1. The van der Waals surface area contributed by atoms with Gasteiger partial charge in [0, 0.05) is 32.1 Å². The molecule has 0 aliphatic carbocycles. The lowest BCUT2D eigenvalue weighted by molar-refractivity contribution is -0.132. The molecule has 4 heteroatoms. The second kappa shape index (κ2) is 10.2. The monoisotopic (exact) mass is 297 g/mol. The molecule has 0 saturated carbocycles. The molecule has 0 radical (unpaired) electrons. The maximum absolute atomic E-state index is 12.5. The predicted octanol–water partition coefficient (Wildman–Crippen LogP) is 2.34. The summed E-state index contributed by atoms with van der Waals surface area (Å²) in [6.45, 7) is 14.7. The average Bonchev–Trinajstić information content (AvgIpc) is 2.97. The summed E-state index contributed by atoms with van der Waals surface area (Å²) < 4.78 is 0. The molecule has 124 valence electrons. The fourth-order valence-corrected chi connectivity index (χ4v) is 3.02. The maximum atomic E-state index is 12.5. The summed E-state index contributed by atoms with van der Waals surface area (Å²) in [5, 5.41) is 3.48. The van der Waals surface area contributed by atoms with E-state index in [2.05, 4.69) is 42.8 Å². The van der Waals surface area contributed by atoms with Gasteiger partial charge in [-0.2, -0.15) is 0 Å². The van der Waals surface area contributed by atoms with Crippen molar-refractivity contribution in [2.45, 2.75) is 59.4 Å². The van der Waals surface area contributed by atoms with E-state index in [1.165, 1.54) is 12.8 Å². The van der Waals surface area contributed by atoms with E-state index in [9.17, 15) is 4.79 Å². The van der Waals surface area contributed by atoms with Crippen molar-refractivity contribution in [1.82, 2.24) is 15.1 Å². The molecule has 0 aromatic rings. The van der Waals surface area contributed by atoms with E-state index < -0.39 is 0 Å². The van der Waals surface area contributed by atoms with Crippen molar-refractivity contribution >= 4 is 5.91 Å². The van der Waals surface area contributed by atoms with E-state index in [-0.39, 0.29) is 0 Å². The van der Waals surface area contributed by atoms with Crippen LogP contribution in [0.2, 0.25) is 0 Å². The SMILES string of the molecule is CCN(CC)CCN(CC(C)C)C(=O)CCC1CCCN1. The van der Waals surface area contributed by atoms with Crippen LogP contribution in [0.15, 0.2) is 0 Å². The standard InChI is InChI=1S/C17H35N3O/c1-5-19(6-2)12-13-20(14-15(3)4)17(21)10-9-16-8-7-11-18-16/h15-16,18H,5-14H2,1-4H3. The van der Waals surface area contributed by atoms with E-state index in [4.69, 9.17) is 0 Å². The number of likely N-dealkylation sites (N-methyl/N-ethyl adjacent to an activating group) is 1. The Morgan fingerprint density at radius 2 is 1.95 bits per heavy atom. The van der Waals surface area contributed by atoms with E-state index in [0.29, 0.717) is 24.3 Å². The van der Waals surface area contributed by atoms with Crippen molar-refractivity contribution in [2.75, 3.05) is 39.3 Å². The van der Waals surface area contributed by atoms with Crippen LogP contribution in [0.5, 0.6) is 0 Å². The second-order valence-corrected chi connectivity index (χ2v) is 6.59. The summed E-state index contributed by atoms with van der Waals surface area (Å²) in [6, 6.07) is 0.567. The largest absolute Gasteiger partial charge is 0.341 e. The number of hydrogen-bond donors (Lipinski definition) is 1. The van der Waals surface area contributed by atoms with Crippen molar-refractivity contribution in [2.24, 2.45) is 5.92 Å². The number of hydrogen-bond acceptors (Lipinski definition) is 3. The molecule has 1 aliphatic rings. The van der Waals surface area contributed by atoms with Gasteiger partial charge in [-0.3, -0.25) is 4.79 Å². The molecule has 1 saturated heterocycles. The Morgan fingerprint density at radius 3 is 2.48 bits per heavy atom. The summed E-state index contributed by atoms with van der Waals surface area (Å²) in [5.74, 6) is 0.875. The van der Waals surface area contributed by atoms with Crippen LogP contribution >= 0.6 is 0 Å². The lowest BCUT2D eigenvalue weighted by Crippen LogP contribution is -2.41. The highest BCUT2D eigenvalue weighted by atomic mass is 16.2. The zero-order chi connectivity index (χ0) is 15.7. The van der Waals surface area contributed by atoms with Crippen LogP contribution in [-0.4, -0.2) is 61.0 Å². The van der Waals surface area contributed by atoms with Gasteiger partial charge in [0.25, 0.3) is 0 Å². The van der Waals surface area contributed by atoms with Gasteiger partial charge in [-0.1, -0.05) is 27.7 Å². The molecule has 1 fully saturated rings. The molecular weight excluding hydrogens is 262 g/mol. The van der Waals surface area contributed by atoms with Gasteiger partial charge in [-0.15, -0.1) is 0 Å². The lowest BCUT2D eigenvalue weighted by Gasteiger charge is -2.28. The molecule has 21 heavy (non-hydrogen) atoms. The maximum Gasteiger partial charge on any atom is 0.222 e. The Balaban J connectivity index is 2.40. The smallest absolute Gasteiger partial charge is 0.222 e. The lowest BCUT2D eigenvalue weighted by atomic mass is 10.1. The first-order chi connectivity index (χ1) is 10.1. The quantitative estimate of drug-likeness (QED) is 0.672. The summed E-state index contributed by atoms with van der Waals surface area (Å²) in [4.78, 5) is 17.0. The second-order valence-electron chi connectivity index (χ2n) is 6.59. The molecule has 4 nitrogen and oxygen atoms in total. The van der Waals surface area contributed by atoms with Gasteiger partial charge in [0.15, 0.2) is 0 Å². The number of carbonyl (C=O) groups excluding carboxylic acids is 1. The summed E-state index contributed by atoms with van der Waals surface area (Å²) >= 11 is 0. The number of rotatable bonds is 10. The van der Waals surface area contributed by atoms with Gasteiger partial charge in [0.2, 0.25) is 5.91 Å². The van der Waals surface area contributed by atoms with E-state index in [1.54, 1.807) is 0 Å². The summed E-state index contributed by atoms with van der Waals surface area (Å²) in [7, 11) is 0. The van der Waals surface area contributed by atoms with Crippen LogP contribution in [-0.2, 0) is 4.79 Å². The van der Waals surface area contributed by atoms with Crippen LogP contribution in [0.25, 0.3) is 0 Å². The number of nitrogens with zero attached hydrogens (tertiary/aromatic N) is 2. The molecule has 1 aliphatic heterocycles. The minimum Gasteiger partial charge on any atom is -0.341 e. The van der Waals surface area contributed by atoms with Crippen LogP contribution in [0.1, 0.15) is 53.4 Å². The molecule has 0 spiro atoms. The van der Waals surface area contributed by atoms with Gasteiger partial charge in [0.05, 0.1) is 0 Å². The highest BCUT2D eigenvalue weighted by Gasteiger charge is 2.19. The van der Waals surface area contributed by atoms with Gasteiger partial charge in [0.1, 0.15) is 0 Å². The molecule has 1 amide bonds. The molecule has 1 heterocycles. The zero-order valence-corrected chi connectivity index (χ0v) is 14.5. The highest BCUT2D eigenvalue weighted by Crippen LogP contribution is 2.12. The number of nitrogens with one attached hydrogen (secondary N) is 1. The minimum atomic E-state index is 0.338. The first-order valence-corrected chi connectivity index (χ1v) is 8.80. The molecule has 0 aromatic heterocycles. The Kier molecular flexibility index (Phi) is 8.93. The van der Waals surface area contributed by atoms with Crippen molar-refractivity contribution in [3.05, 3.63) is 0 Å². The Morgan fingerprint density at radius 1 is 1.24 bits per heavy atom. The third-order valence-corrected chi connectivity index (χ3v) is 4.39. The van der Waals surface area contributed by atoms with Crippen LogP contribution < -0.4 is 5.32 Å². The summed E-state index contributed by atoms with van der Waals surface area (Å²) in [6.07, 6.45) is 4.19. The zero-order valence-electron chi connectivity index (χ0n) is 14.5. The van der Waals surface area contributed by atoms with Crippen molar-refractivity contribution < 1.29 is 4.79 Å². The van der Waals surface area contributed by atoms with Gasteiger partial charge in [-0.25, -0.2) is 0 Å². The first-order valence-electron chi connectivity index (χ1n) is 8.80. The molecule has 1 atom stereocenters. The van der Waals surface area contributed by atoms with Crippen LogP contribution in [0.3, 0.4) is 0 Å². The number of amides is 1. The molecule has 0 bridgehead atoms.